The summed E-state index contributed by atoms with van der Waals surface area (Å²) in [4.78, 5) is 25.9. The number of piperidine rings is 1. The molecule has 3 aromatic heterocycles. The number of thiophene rings is 1. The van der Waals surface area contributed by atoms with E-state index in [0.29, 0.717) is 6.54 Å². The summed E-state index contributed by atoms with van der Waals surface area (Å²) in [5, 5.41) is 6.01. The molecule has 130 valence electrons. The van der Waals surface area contributed by atoms with Crippen LogP contribution in [0, 0.1) is 5.92 Å². The minimum Gasteiger partial charge on any atom is -0.356 e. The maximum absolute atomic E-state index is 12.0. The van der Waals surface area contributed by atoms with Crippen LogP contribution in [0.2, 0.25) is 0 Å². The standard InChI is InChI=1S/C18H20N4OS2/c1-2-19-16(23)12-7-9-22(10-8-12)18-21-14-6-5-13(20-17(14)25-18)15-4-3-11-24-15/h3-6,11-12H,2,7-10H2,1H3,(H,19,23). The number of carbonyl (C=O) groups is 1. The third kappa shape index (κ3) is 3.39. The maximum atomic E-state index is 12.0. The number of nitrogens with one attached hydrogen (secondary N) is 1. The summed E-state index contributed by atoms with van der Waals surface area (Å²) >= 11 is 3.34. The molecular formula is C18H20N4OS2. The van der Waals surface area contributed by atoms with Crippen LogP contribution < -0.4 is 10.2 Å². The first kappa shape index (κ1) is 16.5. The summed E-state index contributed by atoms with van der Waals surface area (Å²) in [7, 11) is 0. The Morgan fingerprint density at radius 3 is 2.84 bits per heavy atom. The van der Waals surface area contributed by atoms with Gasteiger partial charge in [-0.15, -0.1) is 11.3 Å². The van der Waals surface area contributed by atoms with Gasteiger partial charge in [-0.1, -0.05) is 17.4 Å². The Morgan fingerprint density at radius 1 is 1.28 bits per heavy atom. The third-order valence-corrected chi connectivity index (χ3v) is 6.42. The fourth-order valence-corrected chi connectivity index (χ4v) is 4.84. The van der Waals surface area contributed by atoms with Crippen molar-refractivity contribution in [3.63, 3.8) is 0 Å². The number of fused-ring (bicyclic) bond motifs is 1. The molecule has 1 fully saturated rings. The summed E-state index contributed by atoms with van der Waals surface area (Å²) in [6, 6.07) is 8.23. The molecule has 1 saturated heterocycles. The van der Waals surface area contributed by atoms with Crippen LogP contribution in [0.25, 0.3) is 20.9 Å². The van der Waals surface area contributed by atoms with Crippen molar-refractivity contribution in [2.24, 2.45) is 5.92 Å². The molecule has 0 spiro atoms. The number of hydrogen-bond acceptors (Lipinski definition) is 6. The lowest BCUT2D eigenvalue weighted by Crippen LogP contribution is -2.40. The quantitative estimate of drug-likeness (QED) is 0.757. The molecule has 4 rings (SSSR count). The van der Waals surface area contributed by atoms with Gasteiger partial charge in [-0.2, -0.15) is 0 Å². The number of nitrogens with zero attached hydrogens (tertiary/aromatic N) is 3. The van der Waals surface area contributed by atoms with Crippen LogP contribution in [0.1, 0.15) is 19.8 Å². The lowest BCUT2D eigenvalue weighted by Gasteiger charge is -2.30. The van der Waals surface area contributed by atoms with E-state index in [2.05, 4.69) is 27.7 Å². The number of carbonyl (C=O) groups excluding carboxylic acids is 1. The van der Waals surface area contributed by atoms with E-state index in [9.17, 15) is 4.79 Å². The van der Waals surface area contributed by atoms with E-state index >= 15 is 0 Å². The summed E-state index contributed by atoms with van der Waals surface area (Å²) in [6.07, 6.45) is 1.77. The molecule has 1 N–H and O–H groups in total. The van der Waals surface area contributed by atoms with Crippen LogP contribution >= 0.6 is 22.7 Å². The molecular weight excluding hydrogens is 352 g/mol. The molecule has 3 aromatic rings. The molecule has 5 nitrogen and oxygen atoms in total. The SMILES string of the molecule is CCNC(=O)C1CCN(c2nc3ccc(-c4cccs4)nc3s2)CC1. The van der Waals surface area contributed by atoms with E-state index in [1.807, 2.05) is 19.1 Å². The Balaban J connectivity index is 1.50. The Labute approximate surface area is 154 Å². The van der Waals surface area contributed by atoms with Gasteiger partial charge in [0, 0.05) is 25.6 Å². The van der Waals surface area contributed by atoms with Crippen LogP contribution in [0.5, 0.6) is 0 Å². The molecule has 7 heteroatoms. The number of anilines is 1. The molecule has 0 atom stereocenters. The van der Waals surface area contributed by atoms with E-state index in [1.54, 1.807) is 22.7 Å². The molecule has 0 aliphatic carbocycles. The second kappa shape index (κ2) is 7.09. The predicted octanol–water partition coefficient (Wildman–Crippen LogP) is 3.77. The van der Waals surface area contributed by atoms with Crippen LogP contribution in [0.4, 0.5) is 5.13 Å². The normalized spacial score (nSPS) is 15.6. The number of thiazole rings is 1. The zero-order chi connectivity index (χ0) is 17.2. The average molecular weight is 373 g/mol. The van der Waals surface area contributed by atoms with Crippen molar-refractivity contribution in [2.45, 2.75) is 19.8 Å². The first-order valence-corrected chi connectivity index (χ1v) is 10.3. The molecule has 0 bridgehead atoms. The van der Waals surface area contributed by atoms with Crippen molar-refractivity contribution in [2.75, 3.05) is 24.5 Å². The number of pyridine rings is 1. The van der Waals surface area contributed by atoms with Gasteiger partial charge in [0.05, 0.1) is 10.6 Å². The van der Waals surface area contributed by atoms with Crippen molar-refractivity contribution < 1.29 is 4.79 Å². The van der Waals surface area contributed by atoms with Gasteiger partial charge in [0.25, 0.3) is 0 Å². The van der Waals surface area contributed by atoms with Gasteiger partial charge in [0.1, 0.15) is 10.3 Å². The highest BCUT2D eigenvalue weighted by molar-refractivity contribution is 7.21. The monoisotopic (exact) mass is 372 g/mol. The van der Waals surface area contributed by atoms with E-state index in [1.165, 1.54) is 4.88 Å². The number of amides is 1. The van der Waals surface area contributed by atoms with Crippen LogP contribution in [-0.2, 0) is 4.79 Å². The first-order valence-electron chi connectivity index (χ1n) is 8.58. The Morgan fingerprint density at radius 2 is 2.12 bits per heavy atom. The zero-order valence-corrected chi connectivity index (χ0v) is 15.7. The summed E-state index contributed by atoms with van der Waals surface area (Å²) in [6.45, 7) is 4.42. The predicted molar refractivity (Wildman–Crippen MR) is 104 cm³/mol. The maximum Gasteiger partial charge on any atom is 0.223 e. The number of rotatable bonds is 4. The third-order valence-electron chi connectivity index (χ3n) is 4.51. The van der Waals surface area contributed by atoms with E-state index in [4.69, 9.17) is 9.97 Å². The second-order valence-corrected chi connectivity index (χ2v) is 8.05. The molecule has 4 heterocycles. The molecule has 0 unspecified atom stereocenters. The van der Waals surface area contributed by atoms with Gasteiger partial charge >= 0.3 is 0 Å². The summed E-state index contributed by atoms with van der Waals surface area (Å²) < 4.78 is 0. The Kier molecular flexibility index (Phi) is 4.67. The largest absolute Gasteiger partial charge is 0.356 e. The zero-order valence-electron chi connectivity index (χ0n) is 14.1. The number of hydrogen-bond donors (Lipinski definition) is 1. The van der Waals surface area contributed by atoms with Gasteiger partial charge in [-0.25, -0.2) is 9.97 Å². The van der Waals surface area contributed by atoms with Gasteiger partial charge in [-0.05, 0) is 43.3 Å². The van der Waals surface area contributed by atoms with E-state index in [-0.39, 0.29) is 11.8 Å². The van der Waals surface area contributed by atoms with Gasteiger partial charge in [0.2, 0.25) is 5.91 Å². The van der Waals surface area contributed by atoms with Crippen molar-refractivity contribution in [3.05, 3.63) is 29.6 Å². The second-order valence-electron chi connectivity index (χ2n) is 6.15. The number of aromatic nitrogens is 2. The lowest BCUT2D eigenvalue weighted by molar-refractivity contribution is -0.125. The molecule has 0 radical (unpaired) electrons. The fourth-order valence-electron chi connectivity index (χ4n) is 3.15. The highest BCUT2D eigenvalue weighted by Crippen LogP contribution is 2.33. The minimum atomic E-state index is 0.133. The van der Waals surface area contributed by atoms with E-state index < -0.39 is 0 Å². The fraction of sp³-hybridized carbons (Fsp3) is 0.389. The van der Waals surface area contributed by atoms with Gasteiger partial charge in [-0.3, -0.25) is 4.79 Å². The van der Waals surface area contributed by atoms with Crippen molar-refractivity contribution >= 4 is 44.1 Å². The average Bonchev–Trinajstić information content (AvgIpc) is 3.31. The van der Waals surface area contributed by atoms with Gasteiger partial charge in [0.15, 0.2) is 5.13 Å². The summed E-state index contributed by atoms with van der Waals surface area (Å²) in [5.74, 6) is 0.322. The molecule has 0 aromatic carbocycles. The first-order chi connectivity index (χ1) is 12.2. The topological polar surface area (TPSA) is 58.1 Å². The Hall–Kier alpha value is -1.99. The smallest absolute Gasteiger partial charge is 0.223 e. The van der Waals surface area contributed by atoms with Gasteiger partial charge < -0.3 is 10.2 Å². The highest BCUT2D eigenvalue weighted by atomic mass is 32.1. The molecule has 1 aliphatic rings. The Bertz CT molecular complexity index is 866. The molecule has 0 saturated carbocycles. The van der Waals surface area contributed by atoms with Crippen LogP contribution in [0.15, 0.2) is 29.6 Å². The van der Waals surface area contributed by atoms with Crippen molar-refractivity contribution in [1.82, 2.24) is 15.3 Å². The molecule has 1 aliphatic heterocycles. The minimum absolute atomic E-state index is 0.133. The molecule has 25 heavy (non-hydrogen) atoms. The highest BCUT2D eigenvalue weighted by Gasteiger charge is 2.26. The van der Waals surface area contributed by atoms with Crippen molar-refractivity contribution in [3.8, 4) is 10.6 Å². The van der Waals surface area contributed by atoms with Crippen molar-refractivity contribution in [1.29, 1.82) is 0 Å². The molecule has 1 amide bonds. The summed E-state index contributed by atoms with van der Waals surface area (Å²) in [5.41, 5.74) is 1.96. The van der Waals surface area contributed by atoms with E-state index in [0.717, 1.165) is 47.1 Å². The van der Waals surface area contributed by atoms with Crippen LogP contribution in [0.3, 0.4) is 0 Å². The van der Waals surface area contributed by atoms with Crippen LogP contribution in [-0.4, -0.2) is 35.5 Å². The lowest BCUT2D eigenvalue weighted by atomic mass is 9.96.